The largest absolute Gasteiger partial charge is 0.524 e. The number of esters is 1. The van der Waals surface area contributed by atoms with E-state index in [9.17, 15) is 68.0 Å². The molecule has 7 rings (SSSR count). The summed E-state index contributed by atoms with van der Waals surface area (Å²) >= 11 is 5.58. The van der Waals surface area contributed by atoms with Gasteiger partial charge in [0.2, 0.25) is 35.4 Å². The number of hydrogen-bond donors (Lipinski definition) is 14. The van der Waals surface area contributed by atoms with Gasteiger partial charge in [0.1, 0.15) is 52.9 Å². The van der Waals surface area contributed by atoms with Gasteiger partial charge in [-0.3, -0.25) is 43.3 Å². The monoisotopic (exact) mass is 1170 g/mol. The Labute approximate surface area is 472 Å². The molecule has 7 amide bonds. The molecule has 0 saturated heterocycles. The number of thiocarbonyl (C=S) groups is 1. The van der Waals surface area contributed by atoms with Crippen molar-refractivity contribution in [2.24, 2.45) is 17.4 Å². The summed E-state index contributed by atoms with van der Waals surface area (Å²) in [6.07, 6.45) is -0.965. The highest BCUT2D eigenvalue weighted by molar-refractivity contribution is 7.80. The van der Waals surface area contributed by atoms with E-state index < -0.39 is 104 Å². The molecule has 2 aliphatic rings. The summed E-state index contributed by atoms with van der Waals surface area (Å²) in [4.78, 5) is 123. The van der Waals surface area contributed by atoms with Crippen LogP contribution >= 0.6 is 20.0 Å². The van der Waals surface area contributed by atoms with Gasteiger partial charge in [0, 0.05) is 59.5 Å². The number of phenols is 2. The van der Waals surface area contributed by atoms with Crippen LogP contribution in [0.2, 0.25) is 0 Å². The van der Waals surface area contributed by atoms with Crippen LogP contribution in [0.3, 0.4) is 0 Å². The maximum Gasteiger partial charge on any atom is 0.524 e. The number of ether oxygens (including phenoxy) is 2. The lowest BCUT2D eigenvalue weighted by Crippen LogP contribution is -2.57. The number of aliphatic hydroxyl groups excluding tert-OH is 1. The van der Waals surface area contributed by atoms with Gasteiger partial charge >= 0.3 is 13.8 Å². The highest BCUT2D eigenvalue weighted by Gasteiger charge is 2.54. The Kier molecular flexibility index (Phi) is 19.2. The number of aromatic hydroxyl groups is 2. The van der Waals surface area contributed by atoms with E-state index >= 15 is 0 Å². The van der Waals surface area contributed by atoms with Crippen molar-refractivity contribution < 1.29 is 82.0 Å². The molecule has 16 N–H and O–H groups in total. The number of anilines is 1. The molecule has 1 spiro atoms. The molecule has 0 bridgehead atoms. The van der Waals surface area contributed by atoms with Crippen LogP contribution in [0.1, 0.15) is 81.6 Å². The smallest absolute Gasteiger partial charge is 0.508 e. The van der Waals surface area contributed by atoms with Gasteiger partial charge in [-0.2, -0.15) is 0 Å². The molecule has 2 aliphatic heterocycles. The number of amides is 7. The third-order valence-electron chi connectivity index (χ3n) is 12.8. The molecule has 5 aromatic carbocycles. The summed E-state index contributed by atoms with van der Waals surface area (Å²) in [6, 6.07) is 19.5. The predicted octanol–water partition coefficient (Wildman–Crippen LogP) is 1.32. The first-order valence-electron chi connectivity index (χ1n) is 25.2. The maximum atomic E-state index is 14.1. The summed E-state index contributed by atoms with van der Waals surface area (Å²) in [5.41, 5.74) is 12.3. The van der Waals surface area contributed by atoms with Crippen LogP contribution in [0.5, 0.6) is 28.7 Å². The summed E-state index contributed by atoms with van der Waals surface area (Å²) in [5, 5.41) is 48.4. The quantitative estimate of drug-likeness (QED) is 0.0235. The summed E-state index contributed by atoms with van der Waals surface area (Å²) in [5.74, 6) is -6.94. The second kappa shape index (κ2) is 26.0. The molecule has 0 aliphatic carbocycles. The van der Waals surface area contributed by atoms with Crippen molar-refractivity contribution in [3.05, 3.63) is 142 Å². The van der Waals surface area contributed by atoms with Crippen molar-refractivity contribution in [1.29, 1.82) is 0 Å². The van der Waals surface area contributed by atoms with E-state index in [0.29, 0.717) is 33.5 Å². The minimum absolute atomic E-state index is 0.0798. The average molecular weight is 1170 g/mol. The van der Waals surface area contributed by atoms with Crippen LogP contribution in [-0.2, 0) is 56.6 Å². The Morgan fingerprint density at radius 1 is 0.707 bits per heavy atom. The Balaban J connectivity index is 1.01. The van der Waals surface area contributed by atoms with Crippen LogP contribution in [0.25, 0.3) is 0 Å². The molecule has 26 nitrogen and oxygen atoms in total. The fraction of sp³-hybridized carbons (Fsp3) is 0.278. The predicted molar refractivity (Wildman–Crippen MR) is 295 cm³/mol. The van der Waals surface area contributed by atoms with Crippen molar-refractivity contribution in [3.8, 4) is 28.7 Å². The van der Waals surface area contributed by atoms with Gasteiger partial charge in [0.25, 0.3) is 5.91 Å². The number of rotatable bonds is 24. The number of phenolic OH excluding ortho intramolecular Hbond substituents is 2. The second-order valence-corrected chi connectivity index (χ2v) is 21.0. The number of fused-ring (bicyclic) bond motifs is 6. The van der Waals surface area contributed by atoms with Crippen molar-refractivity contribution >= 4 is 78.2 Å². The number of carbonyl (C=O) groups is 8. The Morgan fingerprint density at radius 3 is 1.89 bits per heavy atom. The normalized spacial score (nSPS) is 14.1. The third-order valence-corrected chi connectivity index (χ3v) is 13.5. The van der Waals surface area contributed by atoms with Gasteiger partial charge < -0.3 is 78.0 Å². The zero-order valence-corrected chi connectivity index (χ0v) is 45.5. The zero-order valence-electron chi connectivity index (χ0n) is 43.8. The number of primary amides is 2. The number of benzene rings is 5. The number of nitrogens with two attached hydrogens (primary N) is 2. The fourth-order valence-electron chi connectivity index (χ4n) is 8.97. The highest BCUT2D eigenvalue weighted by atomic mass is 32.1. The van der Waals surface area contributed by atoms with Crippen molar-refractivity contribution in [2.75, 3.05) is 18.5 Å². The number of phosphoric ester groups is 1. The number of nitrogens with one attached hydrogen (secondary N) is 7. The molecule has 0 aromatic heterocycles. The molecule has 0 saturated carbocycles. The minimum Gasteiger partial charge on any atom is -0.508 e. The van der Waals surface area contributed by atoms with Gasteiger partial charge in [-0.05, 0) is 103 Å². The van der Waals surface area contributed by atoms with Crippen LogP contribution in [0.4, 0.5) is 5.69 Å². The first-order chi connectivity index (χ1) is 38.8. The SMILES string of the molecule is CC(C)C[C@H](NC(=O)CNC(=O)[C@H](CCC(N)=O)NC(=O)[C@H](Cc1ccc(OP(=O)(O)O)cc1)NC(=O)c1ccc(CNC(=S)Nc2ccc3c(c2)C(=O)OC32c3ccc(O)cc3Oc3cc(O)ccc32)cc1)C(=O)N[C@@H](CO)C(N)=O. The Morgan fingerprint density at radius 2 is 1.30 bits per heavy atom. The standard InChI is InChI=1S/C54H58N9O17PS/c1-27(2)19-40(50(72)63-42(26-64)47(56)69)60-46(68)25-57-49(71)39(17-18-45(55)67)61-51(73)41(20-28-5-12-34(13-6-28)80-81(75,76)77)62-48(70)30-7-3-29(4-8-30)24-58-53(82)59-31-9-14-36-35(21-31)52(74)79-54(36)37-15-10-32(65)22-43(37)78-44-23-33(66)11-16-38(44)54/h3-16,21-23,27,39-42,64-66H,17-20,24-26H2,1-2H3,(H2,55,67)(H2,56,69)(H,57,71)(H,60,68)(H,61,73)(H,62,70)(H,63,72)(H2,58,59,82)(H2,75,76,77)/t39-,40-,41-,42-/m0/s1. The molecule has 0 radical (unpaired) electrons. The van der Waals surface area contributed by atoms with Gasteiger partial charge in [-0.1, -0.05) is 44.2 Å². The molecule has 0 fully saturated rings. The Hall–Kier alpha value is -9.14. The lowest BCUT2D eigenvalue weighted by Gasteiger charge is -2.36. The van der Waals surface area contributed by atoms with E-state index in [1.165, 1.54) is 60.7 Å². The Bertz CT molecular complexity index is 3310. The topological polar surface area (TPSA) is 419 Å². The zero-order chi connectivity index (χ0) is 59.6. The van der Waals surface area contributed by atoms with E-state index in [-0.39, 0.29) is 76.7 Å². The average Bonchev–Trinajstić information content (AvgIpc) is 2.37. The number of aliphatic hydroxyl groups is 1. The minimum atomic E-state index is -4.93. The molecule has 4 atom stereocenters. The number of hydrogen-bond acceptors (Lipinski definition) is 16. The van der Waals surface area contributed by atoms with Crippen LogP contribution in [-0.4, -0.2) is 115 Å². The van der Waals surface area contributed by atoms with Crippen LogP contribution in [0.15, 0.2) is 103 Å². The van der Waals surface area contributed by atoms with Crippen molar-refractivity contribution in [2.45, 2.75) is 75.8 Å². The summed E-state index contributed by atoms with van der Waals surface area (Å²) in [6.45, 7) is 2.12. The summed E-state index contributed by atoms with van der Waals surface area (Å²) in [7, 11) is -4.93. The van der Waals surface area contributed by atoms with Crippen molar-refractivity contribution in [1.82, 2.24) is 31.9 Å². The van der Waals surface area contributed by atoms with Gasteiger partial charge in [0.05, 0.1) is 18.7 Å². The maximum absolute atomic E-state index is 14.1. The third kappa shape index (κ3) is 15.2. The molecule has 82 heavy (non-hydrogen) atoms. The van der Waals surface area contributed by atoms with Gasteiger partial charge in [-0.25, -0.2) is 9.36 Å². The van der Waals surface area contributed by atoms with Crippen LogP contribution < -0.4 is 57.9 Å². The number of carbonyl (C=O) groups excluding carboxylic acids is 8. The van der Waals surface area contributed by atoms with E-state index in [2.05, 4.69) is 41.7 Å². The molecular formula is C54H58N9O17PS. The second-order valence-electron chi connectivity index (χ2n) is 19.4. The highest BCUT2D eigenvalue weighted by Crippen LogP contribution is 2.57. The molecule has 432 valence electrons. The molecule has 28 heteroatoms. The van der Waals surface area contributed by atoms with Gasteiger partial charge in [0.15, 0.2) is 10.7 Å². The first kappa shape index (κ1) is 60.5. The summed E-state index contributed by atoms with van der Waals surface area (Å²) < 4.78 is 28.2. The van der Waals surface area contributed by atoms with E-state index in [0.717, 1.165) is 0 Å². The van der Waals surface area contributed by atoms with E-state index in [1.807, 2.05) is 0 Å². The van der Waals surface area contributed by atoms with Crippen LogP contribution in [0, 0.1) is 5.92 Å². The lowest BCUT2D eigenvalue weighted by atomic mass is 9.77. The van der Waals surface area contributed by atoms with Crippen molar-refractivity contribution in [3.63, 3.8) is 0 Å². The molecule has 2 heterocycles. The van der Waals surface area contributed by atoms with E-state index in [1.54, 1.807) is 56.3 Å². The first-order valence-corrected chi connectivity index (χ1v) is 27.1. The lowest BCUT2D eigenvalue weighted by molar-refractivity contribution is -0.133. The number of phosphoric acid groups is 1. The molecule has 0 unspecified atom stereocenters. The molecule has 5 aromatic rings. The molecular weight excluding hydrogens is 1110 g/mol. The fourth-order valence-corrected chi connectivity index (χ4v) is 9.56. The van der Waals surface area contributed by atoms with E-state index in [4.69, 9.17) is 33.2 Å². The van der Waals surface area contributed by atoms with Gasteiger partial charge in [-0.15, -0.1) is 0 Å².